The van der Waals surface area contributed by atoms with Gasteiger partial charge in [0.2, 0.25) is 5.82 Å². The average molecular weight is 334 g/mol. The van der Waals surface area contributed by atoms with Crippen LogP contribution in [0.3, 0.4) is 0 Å². The molecule has 0 saturated heterocycles. The van der Waals surface area contributed by atoms with Crippen LogP contribution in [0.2, 0.25) is 0 Å². The number of nitrogens with two attached hydrogens (primary N) is 1. The SMILES string of the molecule is Nc1cc(F)ccc1-c1nc(-c2cccc(Br)c2)no1. The fourth-order valence-corrected chi connectivity index (χ4v) is 2.21. The lowest BCUT2D eigenvalue weighted by Gasteiger charge is -1.99. The lowest BCUT2D eigenvalue weighted by molar-refractivity contribution is 0.432. The zero-order chi connectivity index (χ0) is 14.1. The topological polar surface area (TPSA) is 64.9 Å². The summed E-state index contributed by atoms with van der Waals surface area (Å²) < 4.78 is 19.1. The third kappa shape index (κ3) is 2.42. The van der Waals surface area contributed by atoms with Crippen LogP contribution in [0.25, 0.3) is 22.8 Å². The van der Waals surface area contributed by atoms with E-state index >= 15 is 0 Å². The van der Waals surface area contributed by atoms with Crippen molar-refractivity contribution in [3.8, 4) is 22.8 Å². The molecule has 6 heteroatoms. The lowest BCUT2D eigenvalue weighted by Crippen LogP contribution is -1.91. The number of benzene rings is 2. The van der Waals surface area contributed by atoms with Gasteiger partial charge in [0.15, 0.2) is 0 Å². The molecule has 3 rings (SSSR count). The molecule has 0 fully saturated rings. The normalized spacial score (nSPS) is 10.7. The Hall–Kier alpha value is -2.21. The van der Waals surface area contributed by atoms with E-state index in [0.717, 1.165) is 10.0 Å². The number of hydrogen-bond acceptors (Lipinski definition) is 4. The van der Waals surface area contributed by atoms with Gasteiger partial charge in [-0.25, -0.2) is 4.39 Å². The summed E-state index contributed by atoms with van der Waals surface area (Å²) in [7, 11) is 0. The Kier molecular flexibility index (Phi) is 3.23. The minimum Gasteiger partial charge on any atom is -0.398 e. The van der Waals surface area contributed by atoms with E-state index in [2.05, 4.69) is 26.1 Å². The Morgan fingerprint density at radius 3 is 2.75 bits per heavy atom. The van der Waals surface area contributed by atoms with Gasteiger partial charge in [-0.1, -0.05) is 33.2 Å². The van der Waals surface area contributed by atoms with Gasteiger partial charge in [0.25, 0.3) is 5.89 Å². The van der Waals surface area contributed by atoms with E-state index in [1.165, 1.54) is 18.2 Å². The minimum absolute atomic E-state index is 0.259. The molecule has 4 nitrogen and oxygen atoms in total. The van der Waals surface area contributed by atoms with Crippen molar-refractivity contribution in [2.75, 3.05) is 5.73 Å². The van der Waals surface area contributed by atoms with E-state index in [1.54, 1.807) is 0 Å². The van der Waals surface area contributed by atoms with Gasteiger partial charge >= 0.3 is 0 Å². The lowest BCUT2D eigenvalue weighted by atomic mass is 10.1. The predicted molar refractivity (Wildman–Crippen MR) is 77.2 cm³/mol. The van der Waals surface area contributed by atoms with Gasteiger partial charge in [0, 0.05) is 15.7 Å². The summed E-state index contributed by atoms with van der Waals surface area (Å²) in [5, 5.41) is 3.91. The number of nitrogens with zero attached hydrogens (tertiary/aromatic N) is 2. The van der Waals surface area contributed by atoms with Gasteiger partial charge in [-0.15, -0.1) is 0 Å². The van der Waals surface area contributed by atoms with Crippen LogP contribution < -0.4 is 5.73 Å². The predicted octanol–water partition coefficient (Wildman–Crippen LogP) is 3.89. The Bertz CT molecular complexity index is 773. The first-order valence-electron chi connectivity index (χ1n) is 5.78. The maximum atomic E-state index is 13.0. The van der Waals surface area contributed by atoms with Crippen LogP contribution in [0.1, 0.15) is 0 Å². The van der Waals surface area contributed by atoms with Crippen molar-refractivity contribution in [3.05, 3.63) is 52.8 Å². The molecule has 0 aliphatic heterocycles. The highest BCUT2D eigenvalue weighted by molar-refractivity contribution is 9.10. The van der Waals surface area contributed by atoms with E-state index in [1.807, 2.05) is 24.3 Å². The quantitative estimate of drug-likeness (QED) is 0.722. The third-order valence-corrected chi connectivity index (χ3v) is 3.25. The molecule has 0 radical (unpaired) electrons. The number of anilines is 1. The zero-order valence-corrected chi connectivity index (χ0v) is 11.8. The number of halogens is 2. The van der Waals surface area contributed by atoms with E-state index in [9.17, 15) is 4.39 Å². The second kappa shape index (κ2) is 5.05. The first kappa shape index (κ1) is 12.8. The van der Waals surface area contributed by atoms with Crippen LogP contribution in [-0.2, 0) is 0 Å². The monoisotopic (exact) mass is 333 g/mol. The molecule has 0 saturated carbocycles. The molecule has 0 aliphatic rings. The first-order valence-corrected chi connectivity index (χ1v) is 6.58. The molecular weight excluding hydrogens is 325 g/mol. The molecule has 20 heavy (non-hydrogen) atoms. The molecule has 0 aliphatic carbocycles. The van der Waals surface area contributed by atoms with Crippen LogP contribution in [0.5, 0.6) is 0 Å². The summed E-state index contributed by atoms with van der Waals surface area (Å²) in [5.74, 6) is 0.306. The standard InChI is InChI=1S/C14H9BrFN3O/c15-9-3-1-2-8(6-9)13-18-14(20-19-13)11-5-4-10(16)7-12(11)17/h1-7H,17H2. The molecule has 0 amide bonds. The minimum atomic E-state index is -0.405. The van der Waals surface area contributed by atoms with Crippen molar-refractivity contribution < 1.29 is 8.91 Å². The van der Waals surface area contributed by atoms with E-state index in [4.69, 9.17) is 10.3 Å². The van der Waals surface area contributed by atoms with Gasteiger partial charge in [0.05, 0.1) is 5.56 Å². The first-order chi connectivity index (χ1) is 9.63. The van der Waals surface area contributed by atoms with Gasteiger partial charge in [0.1, 0.15) is 5.82 Å². The largest absolute Gasteiger partial charge is 0.398 e. The van der Waals surface area contributed by atoms with Crippen LogP contribution in [0.4, 0.5) is 10.1 Å². The molecule has 3 aromatic rings. The molecule has 0 atom stereocenters. The average Bonchev–Trinajstić information content (AvgIpc) is 2.88. The van der Waals surface area contributed by atoms with Gasteiger partial charge in [-0.05, 0) is 30.3 Å². The summed E-state index contributed by atoms with van der Waals surface area (Å²) >= 11 is 3.38. The molecule has 0 bridgehead atoms. The molecule has 1 aromatic heterocycles. The third-order valence-electron chi connectivity index (χ3n) is 2.75. The highest BCUT2D eigenvalue weighted by Crippen LogP contribution is 2.28. The van der Waals surface area contributed by atoms with Crippen LogP contribution in [0, 0.1) is 5.82 Å². The van der Waals surface area contributed by atoms with Crippen molar-refractivity contribution >= 4 is 21.6 Å². The number of aromatic nitrogens is 2. The van der Waals surface area contributed by atoms with Gasteiger partial charge in [-0.2, -0.15) is 4.98 Å². The summed E-state index contributed by atoms with van der Waals surface area (Å²) in [5.41, 5.74) is 7.34. The van der Waals surface area contributed by atoms with Gasteiger partial charge in [-0.3, -0.25) is 0 Å². The molecule has 1 heterocycles. The summed E-state index contributed by atoms with van der Waals surface area (Å²) in [6, 6.07) is 11.6. The van der Waals surface area contributed by atoms with E-state index < -0.39 is 5.82 Å². The summed E-state index contributed by atoms with van der Waals surface area (Å²) in [4.78, 5) is 4.28. The molecule has 2 aromatic carbocycles. The Morgan fingerprint density at radius 1 is 1.15 bits per heavy atom. The molecule has 2 N–H and O–H groups in total. The molecule has 0 unspecified atom stereocenters. The van der Waals surface area contributed by atoms with Crippen LogP contribution in [-0.4, -0.2) is 10.1 Å². The van der Waals surface area contributed by atoms with Crippen LogP contribution >= 0.6 is 15.9 Å². The second-order valence-electron chi connectivity index (χ2n) is 4.17. The Labute approximate surface area is 122 Å². The van der Waals surface area contributed by atoms with Crippen molar-refractivity contribution in [1.29, 1.82) is 0 Å². The van der Waals surface area contributed by atoms with Crippen molar-refractivity contribution in [2.24, 2.45) is 0 Å². The number of hydrogen-bond donors (Lipinski definition) is 1. The van der Waals surface area contributed by atoms with E-state index in [0.29, 0.717) is 11.4 Å². The maximum absolute atomic E-state index is 13.0. The highest BCUT2D eigenvalue weighted by Gasteiger charge is 2.13. The van der Waals surface area contributed by atoms with Crippen molar-refractivity contribution in [1.82, 2.24) is 10.1 Å². The van der Waals surface area contributed by atoms with Crippen molar-refractivity contribution in [2.45, 2.75) is 0 Å². The maximum Gasteiger partial charge on any atom is 0.260 e. The summed E-state index contributed by atoms with van der Waals surface area (Å²) in [6.07, 6.45) is 0. The highest BCUT2D eigenvalue weighted by atomic mass is 79.9. The number of nitrogen functional groups attached to an aromatic ring is 1. The fourth-order valence-electron chi connectivity index (χ4n) is 1.81. The molecule has 0 spiro atoms. The fraction of sp³-hybridized carbons (Fsp3) is 0. The van der Waals surface area contributed by atoms with E-state index in [-0.39, 0.29) is 11.6 Å². The Morgan fingerprint density at radius 2 is 2.00 bits per heavy atom. The van der Waals surface area contributed by atoms with Crippen molar-refractivity contribution in [3.63, 3.8) is 0 Å². The van der Waals surface area contributed by atoms with Gasteiger partial charge < -0.3 is 10.3 Å². The second-order valence-corrected chi connectivity index (χ2v) is 5.08. The smallest absolute Gasteiger partial charge is 0.260 e. The zero-order valence-electron chi connectivity index (χ0n) is 10.2. The summed E-state index contributed by atoms with van der Waals surface area (Å²) in [6.45, 7) is 0. The Balaban J connectivity index is 2.02. The molecule has 100 valence electrons. The molecular formula is C14H9BrFN3O. The number of rotatable bonds is 2. The van der Waals surface area contributed by atoms with Crippen LogP contribution in [0.15, 0.2) is 51.5 Å².